The maximum atomic E-state index is 5.33. The molecule has 0 aliphatic heterocycles. The van der Waals surface area contributed by atoms with Gasteiger partial charge in [0.15, 0.2) is 5.82 Å². The number of hydrogen-bond donors (Lipinski definition) is 2. The molecule has 5 nitrogen and oxygen atoms in total. The lowest BCUT2D eigenvalue weighted by molar-refractivity contribution is 1.18. The fourth-order valence-corrected chi connectivity index (χ4v) is 10.0. The summed E-state index contributed by atoms with van der Waals surface area (Å²) in [5.41, 5.74) is 24.4. The summed E-state index contributed by atoms with van der Waals surface area (Å²) >= 11 is 0. The van der Waals surface area contributed by atoms with Crippen molar-refractivity contribution in [1.82, 2.24) is 15.0 Å². The molecule has 362 valence electrons. The number of rotatable bonds is 13. The smallest absolute Gasteiger partial charge is 0.160 e. The van der Waals surface area contributed by atoms with Crippen molar-refractivity contribution in [3.05, 3.63) is 273 Å². The van der Waals surface area contributed by atoms with Crippen LogP contribution in [0.15, 0.2) is 273 Å². The van der Waals surface area contributed by atoms with Crippen molar-refractivity contribution in [2.45, 2.75) is 0 Å². The van der Waals surface area contributed by atoms with Crippen LogP contribution in [0.1, 0.15) is 0 Å². The molecule has 0 aliphatic carbocycles. The number of hydrogen-bond acceptors (Lipinski definition) is 5. The van der Waals surface area contributed by atoms with Crippen LogP contribution in [0, 0.1) is 0 Å². The summed E-state index contributed by atoms with van der Waals surface area (Å²) in [5.74, 6) is 0.665. The van der Waals surface area contributed by atoms with Crippen LogP contribution < -0.4 is 10.6 Å². The van der Waals surface area contributed by atoms with Gasteiger partial charge in [-0.3, -0.25) is 0 Å². The first-order valence-electron chi connectivity index (χ1n) is 25.7. The lowest BCUT2D eigenvalue weighted by Crippen LogP contribution is -1.96. The molecular formula is C71H53N5. The zero-order chi connectivity index (χ0) is 51.2. The van der Waals surface area contributed by atoms with E-state index in [0.717, 1.165) is 129 Å². The van der Waals surface area contributed by atoms with E-state index in [1.54, 1.807) is 0 Å². The summed E-state index contributed by atoms with van der Waals surface area (Å²) in [7, 11) is 3.92. The molecule has 2 aromatic heterocycles. The second-order valence-corrected chi connectivity index (χ2v) is 18.9. The molecule has 0 unspecified atom stereocenters. The molecule has 0 spiro atoms. The Morgan fingerprint density at radius 1 is 0.224 bits per heavy atom. The summed E-state index contributed by atoms with van der Waals surface area (Å²) in [6.07, 6.45) is 0. The van der Waals surface area contributed by atoms with E-state index in [4.69, 9.17) is 15.0 Å². The van der Waals surface area contributed by atoms with E-state index >= 15 is 0 Å². The van der Waals surface area contributed by atoms with Crippen molar-refractivity contribution in [1.29, 1.82) is 0 Å². The fourth-order valence-electron chi connectivity index (χ4n) is 10.0. The maximum absolute atomic E-state index is 5.33. The van der Waals surface area contributed by atoms with Crippen molar-refractivity contribution < 1.29 is 0 Å². The van der Waals surface area contributed by atoms with Gasteiger partial charge in [0.1, 0.15) is 0 Å². The third kappa shape index (κ3) is 10.1. The number of nitrogens with zero attached hydrogens (tertiary/aromatic N) is 3. The van der Waals surface area contributed by atoms with Gasteiger partial charge in [-0.25, -0.2) is 15.0 Å². The summed E-state index contributed by atoms with van der Waals surface area (Å²) in [4.78, 5) is 15.8. The predicted molar refractivity (Wildman–Crippen MR) is 319 cm³/mol. The molecule has 0 saturated carbocycles. The zero-order valence-electron chi connectivity index (χ0n) is 42.3. The van der Waals surface area contributed by atoms with Gasteiger partial charge in [-0.05, 0) is 134 Å². The van der Waals surface area contributed by atoms with Crippen molar-refractivity contribution in [2.24, 2.45) is 0 Å². The first kappa shape index (κ1) is 47.1. The first-order chi connectivity index (χ1) is 37.5. The van der Waals surface area contributed by atoms with Crippen LogP contribution in [-0.2, 0) is 0 Å². The van der Waals surface area contributed by atoms with Gasteiger partial charge < -0.3 is 10.6 Å². The highest BCUT2D eigenvalue weighted by molar-refractivity contribution is 5.86. The number of benzene rings is 10. The molecule has 2 heterocycles. The Morgan fingerprint density at radius 2 is 0.566 bits per heavy atom. The minimum atomic E-state index is 0.665. The highest BCUT2D eigenvalue weighted by Gasteiger charge is 2.15. The predicted octanol–water partition coefficient (Wildman–Crippen LogP) is 18.3. The van der Waals surface area contributed by atoms with Crippen molar-refractivity contribution in [3.63, 3.8) is 0 Å². The molecule has 10 aromatic carbocycles. The van der Waals surface area contributed by atoms with Gasteiger partial charge in [-0.2, -0.15) is 0 Å². The monoisotopic (exact) mass is 975 g/mol. The molecule has 0 radical (unpaired) electrons. The van der Waals surface area contributed by atoms with Gasteiger partial charge >= 0.3 is 0 Å². The second-order valence-electron chi connectivity index (χ2n) is 18.9. The largest absolute Gasteiger partial charge is 0.388 e. The average Bonchev–Trinajstić information content (AvgIpc) is 3.52. The van der Waals surface area contributed by atoms with Crippen LogP contribution in [0.4, 0.5) is 11.4 Å². The van der Waals surface area contributed by atoms with E-state index in [-0.39, 0.29) is 0 Å². The topological polar surface area (TPSA) is 62.7 Å². The zero-order valence-corrected chi connectivity index (χ0v) is 42.3. The molecule has 0 atom stereocenters. The van der Waals surface area contributed by atoms with Crippen molar-refractivity contribution >= 4 is 11.4 Å². The highest BCUT2D eigenvalue weighted by Crippen LogP contribution is 2.38. The number of pyridine rings is 1. The van der Waals surface area contributed by atoms with Gasteiger partial charge in [0.25, 0.3) is 0 Å². The lowest BCUT2D eigenvalue weighted by Gasteiger charge is -2.14. The van der Waals surface area contributed by atoms with Crippen LogP contribution >= 0.6 is 0 Å². The van der Waals surface area contributed by atoms with E-state index in [2.05, 4.69) is 271 Å². The van der Waals surface area contributed by atoms with Crippen LogP contribution in [0.2, 0.25) is 0 Å². The molecule has 76 heavy (non-hydrogen) atoms. The molecular weight excluding hydrogens is 923 g/mol. The normalized spacial score (nSPS) is 11.0. The first-order valence-corrected chi connectivity index (χ1v) is 25.7. The Balaban J connectivity index is 0.865. The van der Waals surface area contributed by atoms with Gasteiger partial charge in [-0.1, -0.05) is 200 Å². The third-order valence-corrected chi connectivity index (χ3v) is 14.0. The quantitative estimate of drug-likeness (QED) is 0.121. The molecule has 0 saturated heterocycles. The molecule has 0 amide bonds. The van der Waals surface area contributed by atoms with E-state index in [0.29, 0.717) is 5.82 Å². The lowest BCUT2D eigenvalue weighted by atomic mass is 9.95. The Morgan fingerprint density at radius 3 is 1.03 bits per heavy atom. The van der Waals surface area contributed by atoms with E-state index in [1.807, 2.05) is 26.2 Å². The molecule has 2 N–H and O–H groups in total. The summed E-state index contributed by atoms with van der Waals surface area (Å²) in [6, 6.07) is 96.6. The molecule has 0 fully saturated rings. The standard InChI is InChI=1S/C71H53N5/c1-72-64-36-37-66(73-2)65(46-64)59-32-14-28-55(40-59)51-24-12-27-54(38-51)58-31-17-35-62(43-58)71-75-69(50-22-10-5-11-23-50)47-70(76-71)61-34-16-30-57(42-61)53-26-13-25-52(39-53)56-29-15-33-60(41-56)68-45-63(48-18-6-3-7-19-48)44-67(74-68)49-20-8-4-9-21-49/h3-47,72-73H,1-2H3. The third-order valence-electron chi connectivity index (χ3n) is 14.0. The molecule has 12 aromatic rings. The maximum Gasteiger partial charge on any atom is 0.160 e. The van der Waals surface area contributed by atoms with Crippen LogP contribution in [-0.4, -0.2) is 29.0 Å². The fraction of sp³-hybridized carbons (Fsp3) is 0.0282. The van der Waals surface area contributed by atoms with Gasteiger partial charge in [-0.15, -0.1) is 0 Å². The molecule has 0 aliphatic rings. The molecule has 12 rings (SSSR count). The van der Waals surface area contributed by atoms with Crippen molar-refractivity contribution in [2.75, 3.05) is 24.7 Å². The Hall–Kier alpha value is -9.97. The van der Waals surface area contributed by atoms with Gasteiger partial charge in [0, 0.05) is 58.9 Å². The average molecular weight is 976 g/mol. The summed E-state index contributed by atoms with van der Waals surface area (Å²) in [5, 5.41) is 6.66. The van der Waals surface area contributed by atoms with Crippen LogP contribution in [0.25, 0.3) is 123 Å². The van der Waals surface area contributed by atoms with Crippen molar-refractivity contribution in [3.8, 4) is 123 Å². The van der Waals surface area contributed by atoms with Gasteiger partial charge in [0.2, 0.25) is 0 Å². The number of aromatic nitrogens is 3. The minimum Gasteiger partial charge on any atom is -0.388 e. The van der Waals surface area contributed by atoms with E-state index in [9.17, 15) is 0 Å². The van der Waals surface area contributed by atoms with E-state index in [1.165, 1.54) is 0 Å². The summed E-state index contributed by atoms with van der Waals surface area (Å²) < 4.78 is 0. The summed E-state index contributed by atoms with van der Waals surface area (Å²) in [6.45, 7) is 0. The van der Waals surface area contributed by atoms with Gasteiger partial charge in [0.05, 0.1) is 22.8 Å². The molecule has 5 heteroatoms. The highest BCUT2D eigenvalue weighted by atomic mass is 14.9. The minimum absolute atomic E-state index is 0.665. The van der Waals surface area contributed by atoms with Crippen LogP contribution in [0.3, 0.4) is 0 Å². The SMILES string of the molecule is CNc1ccc(NC)c(-c2cccc(-c3cccc(-c4cccc(-c5nc(-c6ccccc6)cc(-c6cccc(-c7cccc(-c8cccc(-c9cc(-c%10ccccc%10)cc(-c%10ccccc%10)n9)c8)c7)c6)n5)c4)c3)c2)c1. The number of anilines is 2. The van der Waals surface area contributed by atoms with Crippen LogP contribution in [0.5, 0.6) is 0 Å². The molecule has 0 bridgehead atoms. The Bertz CT molecular complexity index is 3960. The van der Waals surface area contributed by atoms with E-state index < -0.39 is 0 Å². The Labute approximate surface area is 445 Å². The number of nitrogens with one attached hydrogen (secondary N) is 2. The Kier molecular flexibility index (Phi) is 13.2. The second kappa shape index (κ2) is 21.2.